The Kier molecular flexibility index (Phi) is 12.3. The molecule has 32 heavy (non-hydrogen) atoms. The Balaban J connectivity index is 0.000000326. The first-order valence-electron chi connectivity index (χ1n) is 10.8. The summed E-state index contributed by atoms with van der Waals surface area (Å²) in [5.41, 5.74) is 3.65. The van der Waals surface area contributed by atoms with Crippen LogP contribution in [0.25, 0.3) is 11.0 Å². The predicted molar refractivity (Wildman–Crippen MR) is 128 cm³/mol. The number of methoxy groups -OCH3 is 1. The third-order valence-electron chi connectivity index (χ3n) is 4.56. The van der Waals surface area contributed by atoms with Crippen LogP contribution < -0.4 is 10.1 Å². The number of carbonyl (C=O) groups is 1. The largest absolute Gasteiger partial charge is 0.481 e. The van der Waals surface area contributed by atoms with Gasteiger partial charge in [0.05, 0.1) is 36.3 Å². The van der Waals surface area contributed by atoms with Gasteiger partial charge in [0.2, 0.25) is 5.88 Å². The molecule has 0 aliphatic heterocycles. The van der Waals surface area contributed by atoms with Gasteiger partial charge in [-0.3, -0.25) is 0 Å². The summed E-state index contributed by atoms with van der Waals surface area (Å²) in [6.07, 6.45) is 4.19. The lowest BCUT2D eigenvalue weighted by Gasteiger charge is -2.07. The molecule has 7 heteroatoms. The van der Waals surface area contributed by atoms with E-state index >= 15 is 0 Å². The fraction of sp³-hybridized carbons (Fsp3) is 0.440. The third kappa shape index (κ3) is 10.7. The number of pyridine rings is 1. The van der Waals surface area contributed by atoms with E-state index in [4.69, 9.17) is 10.00 Å². The van der Waals surface area contributed by atoms with Gasteiger partial charge in [-0.1, -0.05) is 26.3 Å². The molecule has 0 spiro atoms. The molecule has 0 fully saturated rings. The van der Waals surface area contributed by atoms with Crippen molar-refractivity contribution in [2.24, 2.45) is 5.92 Å². The molecule has 1 atom stereocenters. The van der Waals surface area contributed by atoms with Crippen LogP contribution in [0.3, 0.4) is 0 Å². The van der Waals surface area contributed by atoms with Crippen LogP contribution in [-0.2, 0) is 11.3 Å². The van der Waals surface area contributed by atoms with Crippen LogP contribution >= 0.6 is 0 Å². The topological polar surface area (TPSA) is 104 Å². The number of ketones is 1. The number of hydrogen-bond donors (Lipinski definition) is 2. The molecule has 3 rings (SSSR count). The lowest BCUT2D eigenvalue weighted by Crippen LogP contribution is -2.17. The van der Waals surface area contributed by atoms with E-state index in [1.807, 2.05) is 31.2 Å². The van der Waals surface area contributed by atoms with Crippen molar-refractivity contribution < 1.29 is 9.53 Å². The first kappa shape index (κ1) is 26.8. The number of Topliss-reactive ketones (excluding diaryl/α,β-unsaturated/α-hetero) is 1. The molecule has 1 unspecified atom stereocenters. The molecule has 0 aliphatic carbocycles. The maximum atomic E-state index is 9.44. The van der Waals surface area contributed by atoms with Gasteiger partial charge in [-0.25, -0.2) is 9.97 Å². The molecule has 0 bridgehead atoms. The number of nitriles is 1. The number of nitrogens with one attached hydrogen (secondary N) is 2. The number of ether oxygens (including phenoxy) is 1. The molecule has 0 radical (unpaired) electrons. The standard InChI is InChI=1S/C15H20N4.C7H9NO.C3H6O/c1-3-11(2)6-7-17-10-15-18-13-5-4-12(9-16)8-14(13)19-15;1-6-3-4-7(9-2)8-5-6;1-3(2)4/h4-5,8,11,17H,3,6-7,10H2,1-2H3,(H,18,19);3-5H,1-2H3;1-2H3. The maximum absolute atomic E-state index is 9.44. The Bertz CT molecular complexity index is 986. The average molecular weight is 438 g/mol. The van der Waals surface area contributed by atoms with Gasteiger partial charge < -0.3 is 19.8 Å². The van der Waals surface area contributed by atoms with Crippen LogP contribution in [0.1, 0.15) is 57.5 Å². The second-order valence-electron chi connectivity index (χ2n) is 7.79. The minimum atomic E-state index is 0.167. The number of aryl methyl sites for hydroxylation is 1. The Morgan fingerprint density at radius 3 is 2.56 bits per heavy atom. The zero-order valence-electron chi connectivity index (χ0n) is 20.0. The van der Waals surface area contributed by atoms with Gasteiger partial charge in [0.1, 0.15) is 11.6 Å². The van der Waals surface area contributed by atoms with Crippen LogP contribution in [-0.4, -0.2) is 34.4 Å². The summed E-state index contributed by atoms with van der Waals surface area (Å²) >= 11 is 0. The number of aromatic amines is 1. The van der Waals surface area contributed by atoms with Crippen molar-refractivity contribution in [1.29, 1.82) is 5.26 Å². The zero-order chi connectivity index (χ0) is 23.9. The summed E-state index contributed by atoms with van der Waals surface area (Å²) in [5.74, 6) is 2.52. The minimum absolute atomic E-state index is 0.167. The van der Waals surface area contributed by atoms with Crippen LogP contribution in [0.4, 0.5) is 0 Å². The van der Waals surface area contributed by atoms with Gasteiger partial charge in [0.25, 0.3) is 0 Å². The summed E-state index contributed by atoms with van der Waals surface area (Å²) < 4.78 is 4.86. The van der Waals surface area contributed by atoms with Crippen LogP contribution in [0.15, 0.2) is 36.5 Å². The Labute approximate surface area is 191 Å². The first-order chi connectivity index (χ1) is 15.3. The van der Waals surface area contributed by atoms with Crippen molar-refractivity contribution >= 4 is 16.8 Å². The second-order valence-corrected chi connectivity index (χ2v) is 7.79. The number of rotatable bonds is 7. The second kappa shape index (κ2) is 14.7. The van der Waals surface area contributed by atoms with Crippen molar-refractivity contribution in [2.45, 2.75) is 54.0 Å². The molecule has 0 aliphatic rings. The lowest BCUT2D eigenvalue weighted by atomic mass is 10.1. The molecule has 0 saturated heterocycles. The van der Waals surface area contributed by atoms with Crippen LogP contribution in [0, 0.1) is 24.2 Å². The highest BCUT2D eigenvalue weighted by Gasteiger charge is 2.04. The van der Waals surface area contributed by atoms with E-state index in [0.29, 0.717) is 11.4 Å². The van der Waals surface area contributed by atoms with Gasteiger partial charge in [-0.15, -0.1) is 0 Å². The number of hydrogen-bond acceptors (Lipinski definition) is 6. The lowest BCUT2D eigenvalue weighted by molar-refractivity contribution is -0.114. The van der Waals surface area contributed by atoms with Gasteiger partial charge >= 0.3 is 0 Å². The Hall–Kier alpha value is -3.24. The molecule has 2 aromatic heterocycles. The van der Waals surface area contributed by atoms with E-state index in [0.717, 1.165) is 41.4 Å². The predicted octanol–water partition coefficient (Wildman–Crippen LogP) is 4.95. The highest BCUT2D eigenvalue weighted by Crippen LogP contribution is 2.13. The molecule has 7 nitrogen and oxygen atoms in total. The highest BCUT2D eigenvalue weighted by molar-refractivity contribution is 5.76. The van der Waals surface area contributed by atoms with Crippen molar-refractivity contribution in [2.75, 3.05) is 13.7 Å². The normalized spacial score (nSPS) is 10.8. The van der Waals surface area contributed by atoms with E-state index in [9.17, 15) is 4.79 Å². The average Bonchev–Trinajstić information content (AvgIpc) is 3.19. The summed E-state index contributed by atoms with van der Waals surface area (Å²) in [4.78, 5) is 21.2. The van der Waals surface area contributed by atoms with Gasteiger partial charge in [-0.2, -0.15) is 5.26 Å². The minimum Gasteiger partial charge on any atom is -0.481 e. The van der Waals surface area contributed by atoms with E-state index in [2.05, 4.69) is 40.2 Å². The van der Waals surface area contributed by atoms with E-state index < -0.39 is 0 Å². The van der Waals surface area contributed by atoms with Crippen molar-refractivity contribution in [3.05, 3.63) is 53.5 Å². The summed E-state index contributed by atoms with van der Waals surface area (Å²) in [5, 5.41) is 12.3. The van der Waals surface area contributed by atoms with Gasteiger partial charge in [0, 0.05) is 12.3 Å². The number of imidazole rings is 1. The number of nitrogens with zero attached hydrogens (tertiary/aromatic N) is 3. The van der Waals surface area contributed by atoms with Crippen LogP contribution in [0.5, 0.6) is 5.88 Å². The van der Waals surface area contributed by atoms with Crippen molar-refractivity contribution in [3.8, 4) is 11.9 Å². The first-order valence-corrected chi connectivity index (χ1v) is 10.8. The third-order valence-corrected chi connectivity index (χ3v) is 4.56. The van der Waals surface area contributed by atoms with Gasteiger partial charge in [0.15, 0.2) is 0 Å². The Morgan fingerprint density at radius 2 is 2.00 bits per heavy atom. The molecule has 3 aromatic rings. The Morgan fingerprint density at radius 1 is 1.28 bits per heavy atom. The number of fused-ring (bicyclic) bond motifs is 1. The molecule has 1 aromatic carbocycles. The quantitative estimate of drug-likeness (QED) is 0.507. The summed E-state index contributed by atoms with van der Waals surface area (Å²) in [6.45, 7) is 11.3. The number of carbonyl (C=O) groups excluding carboxylic acids is 1. The smallest absolute Gasteiger partial charge is 0.212 e. The van der Waals surface area contributed by atoms with E-state index in [-0.39, 0.29) is 5.78 Å². The van der Waals surface area contributed by atoms with Crippen molar-refractivity contribution in [1.82, 2.24) is 20.3 Å². The molecule has 2 heterocycles. The van der Waals surface area contributed by atoms with E-state index in [1.165, 1.54) is 26.7 Å². The molecular formula is C25H35N5O2. The molecule has 0 amide bonds. The molecular weight excluding hydrogens is 402 g/mol. The molecule has 2 N–H and O–H groups in total. The van der Waals surface area contributed by atoms with Crippen molar-refractivity contribution in [3.63, 3.8) is 0 Å². The fourth-order valence-corrected chi connectivity index (χ4v) is 2.55. The molecule has 172 valence electrons. The summed E-state index contributed by atoms with van der Waals surface area (Å²) in [7, 11) is 1.61. The zero-order valence-corrected chi connectivity index (χ0v) is 20.0. The maximum Gasteiger partial charge on any atom is 0.212 e. The summed E-state index contributed by atoms with van der Waals surface area (Å²) in [6, 6.07) is 11.5. The van der Waals surface area contributed by atoms with E-state index in [1.54, 1.807) is 19.4 Å². The number of benzene rings is 1. The molecule has 0 saturated carbocycles. The van der Waals surface area contributed by atoms with Crippen LogP contribution in [0.2, 0.25) is 0 Å². The van der Waals surface area contributed by atoms with Gasteiger partial charge in [-0.05, 0) is 63.4 Å². The monoisotopic (exact) mass is 437 g/mol. The highest BCUT2D eigenvalue weighted by atomic mass is 16.5. The SMILES string of the molecule is CC(C)=O.CCC(C)CCNCc1nc2ccc(C#N)cc2[nH]1.COc1ccc(C)cn1. The number of H-pyrrole nitrogens is 1. The fourth-order valence-electron chi connectivity index (χ4n) is 2.55. The number of aromatic nitrogens is 3.